The zero-order valence-corrected chi connectivity index (χ0v) is 15.3. The number of rotatable bonds is 5. The summed E-state index contributed by atoms with van der Waals surface area (Å²) in [6.45, 7) is 1.93. The second-order valence-electron chi connectivity index (χ2n) is 5.68. The SMILES string of the molecule is COc1ccc(-c2cc(=O)c3cc(OC)c(OC)c(OC)c3o2)cc1C. The van der Waals surface area contributed by atoms with Crippen molar-refractivity contribution in [2.45, 2.75) is 6.92 Å². The molecule has 0 radical (unpaired) electrons. The minimum absolute atomic E-state index is 0.200. The Morgan fingerprint density at radius 3 is 2.08 bits per heavy atom. The first-order chi connectivity index (χ1) is 12.5. The topological polar surface area (TPSA) is 67.1 Å². The standard InChI is InChI=1S/C20H20O6/c1-11-8-12(6-7-15(11)22-2)16-10-14(21)13-9-17(23-3)19(24-4)20(25-5)18(13)26-16/h6-10H,1-5H3. The highest BCUT2D eigenvalue weighted by molar-refractivity contribution is 5.89. The molecule has 6 nitrogen and oxygen atoms in total. The lowest BCUT2D eigenvalue weighted by Gasteiger charge is -2.14. The van der Waals surface area contributed by atoms with Crippen molar-refractivity contribution in [3.8, 4) is 34.3 Å². The van der Waals surface area contributed by atoms with Gasteiger partial charge in [-0.15, -0.1) is 0 Å². The molecule has 0 aliphatic heterocycles. The van der Waals surface area contributed by atoms with Crippen LogP contribution in [0.2, 0.25) is 0 Å². The molecule has 0 aliphatic carbocycles. The Balaban J connectivity index is 2.30. The van der Waals surface area contributed by atoms with Gasteiger partial charge in [0.05, 0.1) is 33.8 Å². The Morgan fingerprint density at radius 2 is 1.50 bits per heavy atom. The predicted molar refractivity (Wildman–Crippen MR) is 98.9 cm³/mol. The van der Waals surface area contributed by atoms with Crippen molar-refractivity contribution in [2.75, 3.05) is 28.4 Å². The predicted octanol–water partition coefficient (Wildman–Crippen LogP) is 3.80. The minimum atomic E-state index is -0.200. The van der Waals surface area contributed by atoms with Crippen molar-refractivity contribution in [3.05, 3.63) is 46.1 Å². The van der Waals surface area contributed by atoms with E-state index in [2.05, 4.69) is 0 Å². The number of fused-ring (bicyclic) bond motifs is 1. The van der Waals surface area contributed by atoms with Gasteiger partial charge in [0.15, 0.2) is 16.8 Å². The van der Waals surface area contributed by atoms with E-state index in [1.165, 1.54) is 27.4 Å². The maximum atomic E-state index is 12.7. The highest BCUT2D eigenvalue weighted by Gasteiger charge is 2.20. The van der Waals surface area contributed by atoms with Crippen molar-refractivity contribution in [1.29, 1.82) is 0 Å². The molecule has 0 unspecified atom stereocenters. The second-order valence-corrected chi connectivity index (χ2v) is 5.68. The Hall–Kier alpha value is -3.15. The molecule has 2 aromatic carbocycles. The highest BCUT2D eigenvalue weighted by atomic mass is 16.5. The number of methoxy groups -OCH3 is 4. The van der Waals surface area contributed by atoms with E-state index in [9.17, 15) is 4.79 Å². The molecule has 0 N–H and O–H groups in total. The summed E-state index contributed by atoms with van der Waals surface area (Å²) in [4.78, 5) is 12.7. The first-order valence-corrected chi connectivity index (χ1v) is 7.95. The highest BCUT2D eigenvalue weighted by Crippen LogP contribution is 2.43. The molecule has 26 heavy (non-hydrogen) atoms. The molecule has 0 spiro atoms. The Bertz CT molecular complexity index is 1020. The average Bonchev–Trinajstić information content (AvgIpc) is 2.66. The molecule has 0 saturated carbocycles. The molecule has 0 aliphatic rings. The van der Waals surface area contributed by atoms with Crippen molar-refractivity contribution >= 4 is 11.0 Å². The molecule has 1 heterocycles. The van der Waals surface area contributed by atoms with E-state index in [1.807, 2.05) is 25.1 Å². The Kier molecular flexibility index (Phi) is 4.75. The van der Waals surface area contributed by atoms with E-state index >= 15 is 0 Å². The molecule has 0 atom stereocenters. The van der Waals surface area contributed by atoms with Crippen LogP contribution in [-0.2, 0) is 0 Å². The number of benzene rings is 2. The summed E-state index contributed by atoms with van der Waals surface area (Å²) in [7, 11) is 6.10. The number of hydrogen-bond acceptors (Lipinski definition) is 6. The molecule has 6 heteroatoms. The molecule has 0 bridgehead atoms. The number of hydrogen-bond donors (Lipinski definition) is 0. The largest absolute Gasteiger partial charge is 0.496 e. The van der Waals surface area contributed by atoms with Gasteiger partial charge in [-0.05, 0) is 36.8 Å². The summed E-state index contributed by atoms with van der Waals surface area (Å²) in [6, 6.07) is 8.61. The molecular weight excluding hydrogens is 336 g/mol. The lowest BCUT2D eigenvalue weighted by molar-refractivity contribution is 0.324. The monoisotopic (exact) mass is 356 g/mol. The van der Waals surface area contributed by atoms with Gasteiger partial charge in [-0.2, -0.15) is 0 Å². The van der Waals surface area contributed by atoms with E-state index in [-0.39, 0.29) is 5.43 Å². The quantitative estimate of drug-likeness (QED) is 0.693. The fourth-order valence-electron chi connectivity index (χ4n) is 2.92. The van der Waals surface area contributed by atoms with Crippen LogP contribution in [0.3, 0.4) is 0 Å². The van der Waals surface area contributed by atoms with Gasteiger partial charge in [0.2, 0.25) is 11.5 Å². The molecule has 136 valence electrons. The molecule has 3 rings (SSSR count). The molecule has 1 aromatic heterocycles. The van der Waals surface area contributed by atoms with Crippen LogP contribution in [0.4, 0.5) is 0 Å². The van der Waals surface area contributed by atoms with Crippen LogP contribution >= 0.6 is 0 Å². The maximum Gasteiger partial charge on any atom is 0.208 e. The lowest BCUT2D eigenvalue weighted by Crippen LogP contribution is -2.04. The van der Waals surface area contributed by atoms with E-state index < -0.39 is 0 Å². The van der Waals surface area contributed by atoms with Crippen LogP contribution in [0.25, 0.3) is 22.3 Å². The van der Waals surface area contributed by atoms with Gasteiger partial charge in [-0.1, -0.05) is 0 Å². The normalized spacial score (nSPS) is 10.7. The maximum absolute atomic E-state index is 12.7. The van der Waals surface area contributed by atoms with E-state index in [4.69, 9.17) is 23.4 Å². The minimum Gasteiger partial charge on any atom is -0.496 e. The number of ether oxygens (including phenoxy) is 4. The van der Waals surface area contributed by atoms with E-state index in [1.54, 1.807) is 13.2 Å². The third-order valence-corrected chi connectivity index (χ3v) is 4.20. The van der Waals surface area contributed by atoms with Gasteiger partial charge >= 0.3 is 0 Å². The van der Waals surface area contributed by atoms with Crippen LogP contribution < -0.4 is 24.4 Å². The summed E-state index contributed by atoms with van der Waals surface area (Å²) in [5, 5.41) is 0.355. The van der Waals surface area contributed by atoms with Gasteiger partial charge in [-0.3, -0.25) is 4.79 Å². The van der Waals surface area contributed by atoms with Crippen LogP contribution in [0, 0.1) is 6.92 Å². The molecule has 0 fully saturated rings. The van der Waals surface area contributed by atoms with E-state index in [0.29, 0.717) is 34.0 Å². The van der Waals surface area contributed by atoms with Gasteiger partial charge in [-0.25, -0.2) is 0 Å². The Labute approximate surface area is 150 Å². The van der Waals surface area contributed by atoms with Gasteiger partial charge in [0.1, 0.15) is 11.5 Å². The molecule has 3 aromatic rings. The molecule has 0 saturated heterocycles. The van der Waals surface area contributed by atoms with Crippen molar-refractivity contribution in [3.63, 3.8) is 0 Å². The molecular formula is C20H20O6. The molecule has 0 amide bonds. The van der Waals surface area contributed by atoms with Gasteiger partial charge in [0.25, 0.3) is 0 Å². The van der Waals surface area contributed by atoms with Crippen molar-refractivity contribution in [2.24, 2.45) is 0 Å². The third kappa shape index (κ3) is 2.83. The summed E-state index contributed by atoms with van der Waals surface area (Å²) in [5.74, 6) is 2.27. The average molecular weight is 356 g/mol. The first-order valence-electron chi connectivity index (χ1n) is 7.95. The summed E-state index contributed by atoms with van der Waals surface area (Å²) in [6.07, 6.45) is 0. The summed E-state index contributed by atoms with van der Waals surface area (Å²) < 4.78 is 27.4. The fourth-order valence-corrected chi connectivity index (χ4v) is 2.92. The van der Waals surface area contributed by atoms with E-state index in [0.717, 1.165) is 16.9 Å². The van der Waals surface area contributed by atoms with Crippen LogP contribution in [0.1, 0.15) is 5.56 Å². The van der Waals surface area contributed by atoms with Crippen LogP contribution in [0.15, 0.2) is 39.5 Å². The third-order valence-electron chi connectivity index (χ3n) is 4.20. The first kappa shape index (κ1) is 17.7. The van der Waals surface area contributed by atoms with Crippen molar-refractivity contribution in [1.82, 2.24) is 0 Å². The van der Waals surface area contributed by atoms with Crippen LogP contribution in [0.5, 0.6) is 23.0 Å². The lowest BCUT2D eigenvalue weighted by atomic mass is 10.1. The van der Waals surface area contributed by atoms with Gasteiger partial charge < -0.3 is 23.4 Å². The summed E-state index contributed by atoms with van der Waals surface area (Å²) in [5.41, 5.74) is 1.81. The zero-order chi connectivity index (χ0) is 18.8. The van der Waals surface area contributed by atoms with Crippen molar-refractivity contribution < 1.29 is 23.4 Å². The fraction of sp³-hybridized carbons (Fsp3) is 0.250. The van der Waals surface area contributed by atoms with Gasteiger partial charge in [0, 0.05) is 11.6 Å². The second kappa shape index (κ2) is 7.00. The van der Waals surface area contributed by atoms with Crippen LogP contribution in [-0.4, -0.2) is 28.4 Å². The Morgan fingerprint density at radius 1 is 0.808 bits per heavy atom. The number of aryl methyl sites for hydroxylation is 1. The summed E-state index contributed by atoms with van der Waals surface area (Å²) >= 11 is 0. The zero-order valence-electron chi connectivity index (χ0n) is 15.3. The smallest absolute Gasteiger partial charge is 0.208 e.